The van der Waals surface area contributed by atoms with Crippen molar-refractivity contribution in [2.24, 2.45) is 0 Å². The van der Waals surface area contributed by atoms with Gasteiger partial charge in [0.15, 0.2) is 6.17 Å². The summed E-state index contributed by atoms with van der Waals surface area (Å²) in [6, 6.07) is 0.0674. The van der Waals surface area contributed by atoms with Crippen LogP contribution in [0.1, 0.15) is 19.8 Å². The molecule has 0 saturated carbocycles. The molecule has 108 valence electrons. The molecule has 0 radical (unpaired) electrons. The largest absolute Gasteiger partial charge is 0.327 e. The summed E-state index contributed by atoms with van der Waals surface area (Å²) in [7, 11) is 6.11. The van der Waals surface area contributed by atoms with Crippen LogP contribution in [0.4, 0.5) is 0 Å². The van der Waals surface area contributed by atoms with Crippen LogP contribution in [0.25, 0.3) is 0 Å². The zero-order valence-electron chi connectivity index (χ0n) is 12.4. The van der Waals surface area contributed by atoms with E-state index in [1.807, 2.05) is 21.1 Å². The maximum Gasteiger partial charge on any atom is 0.245 e. The lowest BCUT2D eigenvalue weighted by atomic mass is 10.1. The zero-order valence-corrected chi connectivity index (χ0v) is 12.4. The topological polar surface area (TPSA) is 58.2 Å². The minimum atomic E-state index is -0.448. The molecule has 1 atom stereocenters. The first-order valence-corrected chi connectivity index (χ1v) is 6.43. The molecule has 0 rings (SSSR count). The SMILES string of the molecule is C=CC(=O)NC(NC(=O)C=C)C(CCC)[N+](C)(C)C. The smallest absolute Gasteiger partial charge is 0.245 e. The Morgan fingerprint density at radius 2 is 1.53 bits per heavy atom. The third-order valence-electron chi connectivity index (χ3n) is 2.93. The molecule has 0 aliphatic heterocycles. The number of nitrogens with one attached hydrogen (secondary N) is 2. The normalized spacial score (nSPS) is 12.7. The minimum Gasteiger partial charge on any atom is -0.327 e. The molecule has 0 bridgehead atoms. The summed E-state index contributed by atoms with van der Waals surface area (Å²) < 4.78 is 0.632. The molecule has 1 unspecified atom stereocenters. The van der Waals surface area contributed by atoms with Crippen LogP contribution in [0.3, 0.4) is 0 Å². The Morgan fingerprint density at radius 1 is 1.11 bits per heavy atom. The Labute approximate surface area is 115 Å². The first kappa shape index (κ1) is 17.4. The average Bonchev–Trinajstić information content (AvgIpc) is 2.33. The van der Waals surface area contributed by atoms with Crippen LogP contribution < -0.4 is 10.6 Å². The fourth-order valence-electron chi connectivity index (χ4n) is 1.95. The predicted molar refractivity (Wildman–Crippen MR) is 77.2 cm³/mol. The van der Waals surface area contributed by atoms with Crippen molar-refractivity contribution in [1.82, 2.24) is 10.6 Å². The van der Waals surface area contributed by atoms with Gasteiger partial charge < -0.3 is 15.1 Å². The fraction of sp³-hybridized carbons (Fsp3) is 0.571. The van der Waals surface area contributed by atoms with Crippen molar-refractivity contribution in [1.29, 1.82) is 0 Å². The quantitative estimate of drug-likeness (QED) is 0.388. The number of rotatable bonds is 8. The summed E-state index contributed by atoms with van der Waals surface area (Å²) >= 11 is 0. The van der Waals surface area contributed by atoms with Crippen molar-refractivity contribution in [2.75, 3.05) is 21.1 Å². The van der Waals surface area contributed by atoms with Gasteiger partial charge in [0.05, 0.1) is 21.1 Å². The second-order valence-corrected chi connectivity index (χ2v) is 5.38. The van der Waals surface area contributed by atoms with Gasteiger partial charge >= 0.3 is 0 Å². The Bertz CT molecular complexity index is 323. The summed E-state index contributed by atoms with van der Waals surface area (Å²) in [5, 5.41) is 5.54. The number of quaternary nitrogens is 1. The summed E-state index contributed by atoms with van der Waals surface area (Å²) in [6.45, 7) is 8.93. The monoisotopic (exact) mass is 268 g/mol. The Morgan fingerprint density at radius 3 is 1.79 bits per heavy atom. The highest BCUT2D eigenvalue weighted by atomic mass is 16.2. The third-order valence-corrected chi connectivity index (χ3v) is 2.93. The molecule has 0 saturated heterocycles. The fourth-order valence-corrected chi connectivity index (χ4v) is 1.95. The molecule has 0 heterocycles. The maximum absolute atomic E-state index is 11.5. The van der Waals surface area contributed by atoms with Crippen LogP contribution in [0.5, 0.6) is 0 Å². The summed E-state index contributed by atoms with van der Waals surface area (Å²) in [6.07, 6.45) is 3.79. The molecule has 0 spiro atoms. The standard InChI is InChI=1S/C14H25N3O2/c1-7-10-11(17(4,5)6)14(15-12(18)8-2)16-13(19)9-3/h8-9,11,14H,2-3,7,10H2,1,4-6H3,(H-,15,16,18,19)/p+1. The first-order chi connectivity index (χ1) is 8.76. The highest BCUT2D eigenvalue weighted by Crippen LogP contribution is 2.13. The van der Waals surface area contributed by atoms with Gasteiger partial charge in [0.25, 0.3) is 0 Å². The van der Waals surface area contributed by atoms with E-state index in [1.165, 1.54) is 12.2 Å². The highest BCUT2D eigenvalue weighted by molar-refractivity contribution is 5.89. The van der Waals surface area contributed by atoms with Gasteiger partial charge in [-0.05, 0) is 12.2 Å². The van der Waals surface area contributed by atoms with Crippen LogP contribution in [-0.2, 0) is 9.59 Å². The molecule has 2 N–H and O–H groups in total. The Hall–Kier alpha value is -1.62. The summed E-state index contributed by atoms with van der Waals surface area (Å²) in [4.78, 5) is 23.0. The van der Waals surface area contributed by atoms with E-state index < -0.39 is 6.17 Å². The molecule has 2 amide bonds. The van der Waals surface area contributed by atoms with Crippen molar-refractivity contribution < 1.29 is 14.1 Å². The van der Waals surface area contributed by atoms with Crippen molar-refractivity contribution in [3.8, 4) is 0 Å². The summed E-state index contributed by atoms with van der Waals surface area (Å²) in [5.41, 5.74) is 0. The van der Waals surface area contributed by atoms with Gasteiger partial charge in [-0.25, -0.2) is 0 Å². The molecule has 0 aromatic heterocycles. The van der Waals surface area contributed by atoms with E-state index in [0.717, 1.165) is 12.8 Å². The number of amides is 2. The van der Waals surface area contributed by atoms with Gasteiger partial charge in [0, 0.05) is 6.42 Å². The van der Waals surface area contributed by atoms with Crippen molar-refractivity contribution in [2.45, 2.75) is 32.0 Å². The Kier molecular flexibility index (Phi) is 7.08. The van der Waals surface area contributed by atoms with Crippen LogP contribution >= 0.6 is 0 Å². The molecular weight excluding hydrogens is 242 g/mol. The van der Waals surface area contributed by atoms with Gasteiger partial charge in [-0.2, -0.15) is 0 Å². The van der Waals surface area contributed by atoms with Crippen molar-refractivity contribution >= 4 is 11.8 Å². The molecule has 0 aliphatic carbocycles. The molecule has 5 heteroatoms. The lowest BCUT2D eigenvalue weighted by molar-refractivity contribution is -0.898. The van der Waals surface area contributed by atoms with Gasteiger partial charge in [-0.3, -0.25) is 9.59 Å². The molecule has 0 aliphatic rings. The van der Waals surface area contributed by atoms with Crippen LogP contribution in [0, 0.1) is 0 Å². The number of carbonyl (C=O) groups excluding carboxylic acids is 2. The highest BCUT2D eigenvalue weighted by Gasteiger charge is 2.33. The van der Waals surface area contributed by atoms with E-state index in [2.05, 4.69) is 30.7 Å². The minimum absolute atomic E-state index is 0.0674. The van der Waals surface area contributed by atoms with Crippen LogP contribution in [0.2, 0.25) is 0 Å². The molecular formula is C14H26N3O2+. The molecule has 19 heavy (non-hydrogen) atoms. The van der Waals surface area contributed by atoms with E-state index >= 15 is 0 Å². The Balaban J connectivity index is 5.13. The molecule has 0 fully saturated rings. The van der Waals surface area contributed by atoms with E-state index in [0.29, 0.717) is 4.48 Å². The number of hydrogen-bond donors (Lipinski definition) is 2. The predicted octanol–water partition coefficient (Wildman–Crippen LogP) is 0.792. The second-order valence-electron chi connectivity index (χ2n) is 5.38. The number of nitrogens with zero attached hydrogens (tertiary/aromatic N) is 1. The van der Waals surface area contributed by atoms with Crippen molar-refractivity contribution in [3.05, 3.63) is 25.3 Å². The van der Waals surface area contributed by atoms with E-state index in [9.17, 15) is 9.59 Å². The number of carbonyl (C=O) groups is 2. The zero-order chi connectivity index (χ0) is 15.1. The number of likely N-dealkylation sites (N-methyl/N-ethyl adjacent to an activating group) is 1. The van der Waals surface area contributed by atoms with E-state index in [-0.39, 0.29) is 17.9 Å². The lowest BCUT2D eigenvalue weighted by Crippen LogP contribution is -2.63. The van der Waals surface area contributed by atoms with Gasteiger partial charge in [0.2, 0.25) is 11.8 Å². The molecule has 0 aromatic carbocycles. The summed E-state index contributed by atoms with van der Waals surface area (Å²) in [5.74, 6) is -0.604. The average molecular weight is 268 g/mol. The molecule has 0 aromatic rings. The van der Waals surface area contributed by atoms with Gasteiger partial charge in [-0.15, -0.1) is 0 Å². The number of hydrogen-bond acceptors (Lipinski definition) is 2. The maximum atomic E-state index is 11.5. The lowest BCUT2D eigenvalue weighted by Gasteiger charge is -2.39. The van der Waals surface area contributed by atoms with Gasteiger partial charge in [-0.1, -0.05) is 26.5 Å². The van der Waals surface area contributed by atoms with Crippen LogP contribution in [0.15, 0.2) is 25.3 Å². The molecule has 5 nitrogen and oxygen atoms in total. The van der Waals surface area contributed by atoms with Crippen molar-refractivity contribution in [3.63, 3.8) is 0 Å². The van der Waals surface area contributed by atoms with Gasteiger partial charge in [0.1, 0.15) is 6.04 Å². The second kappa shape index (κ2) is 7.74. The van der Waals surface area contributed by atoms with E-state index in [1.54, 1.807) is 0 Å². The first-order valence-electron chi connectivity index (χ1n) is 6.43. The third kappa shape index (κ3) is 6.20. The van der Waals surface area contributed by atoms with Crippen LogP contribution in [-0.4, -0.2) is 49.6 Å². The van der Waals surface area contributed by atoms with E-state index in [4.69, 9.17) is 0 Å².